The Balaban J connectivity index is 2.09. The Morgan fingerprint density at radius 3 is 2.65 bits per heavy atom. The summed E-state index contributed by atoms with van der Waals surface area (Å²) in [5, 5.41) is 9.74. The van der Waals surface area contributed by atoms with Crippen molar-refractivity contribution >= 4 is 15.9 Å². The molecule has 1 heterocycles. The largest absolute Gasteiger partial charge is 0.487 e. The van der Waals surface area contributed by atoms with Gasteiger partial charge in [-0.2, -0.15) is 4.31 Å². The van der Waals surface area contributed by atoms with Crippen LogP contribution in [0, 0.1) is 11.7 Å². The number of nitrogens with zero attached hydrogens (tertiary/aromatic N) is 2. The highest BCUT2D eigenvalue weighted by molar-refractivity contribution is 7.89. The monoisotopic (exact) mass is 494 g/mol. The van der Waals surface area contributed by atoms with E-state index in [4.69, 9.17) is 9.47 Å². The molecule has 1 N–H and O–H groups in total. The van der Waals surface area contributed by atoms with Crippen LogP contribution in [-0.2, 0) is 19.6 Å². The highest BCUT2D eigenvalue weighted by Gasteiger charge is 2.38. The van der Waals surface area contributed by atoms with Crippen molar-refractivity contribution in [2.75, 3.05) is 40.5 Å². The van der Waals surface area contributed by atoms with Gasteiger partial charge in [-0.1, -0.05) is 25.1 Å². The number of hydrogen-bond acceptors (Lipinski definition) is 6. The molecule has 1 aliphatic rings. The standard InChI is InChI=1S/C24H31FN2O6S/c1-16-12-27(17(2)14-28)34(30,31)23-9-8-19(18-6-5-7-20(25)10-18)11-21(23)33-22(16)13-26(3)24(29)15-32-4/h5-11,16-17,22,28H,12-15H2,1-4H3/t16-,17+,22+/m1/s1. The summed E-state index contributed by atoms with van der Waals surface area (Å²) in [6.45, 7) is 3.35. The van der Waals surface area contributed by atoms with Gasteiger partial charge in [-0.15, -0.1) is 0 Å². The Bertz CT molecular complexity index is 1130. The first-order chi connectivity index (χ1) is 16.1. The Labute approximate surface area is 199 Å². The van der Waals surface area contributed by atoms with Gasteiger partial charge in [0.05, 0.1) is 13.2 Å². The van der Waals surface area contributed by atoms with Crippen LogP contribution in [0.1, 0.15) is 13.8 Å². The molecule has 0 fully saturated rings. The van der Waals surface area contributed by atoms with Crippen molar-refractivity contribution in [3.8, 4) is 16.9 Å². The van der Waals surface area contributed by atoms with E-state index in [0.29, 0.717) is 11.1 Å². The van der Waals surface area contributed by atoms with Gasteiger partial charge in [0, 0.05) is 32.7 Å². The molecule has 34 heavy (non-hydrogen) atoms. The van der Waals surface area contributed by atoms with Crippen LogP contribution >= 0.6 is 0 Å². The molecule has 0 aliphatic carbocycles. The SMILES string of the molecule is COCC(=O)N(C)C[C@@H]1Oc2cc(-c3cccc(F)c3)ccc2S(=O)(=O)N([C@@H](C)CO)C[C@H]1C. The maximum atomic E-state index is 13.8. The first kappa shape index (κ1) is 26.1. The molecule has 0 unspecified atom stereocenters. The minimum atomic E-state index is -4.00. The second-order valence-electron chi connectivity index (χ2n) is 8.62. The third-order valence-corrected chi connectivity index (χ3v) is 7.99. The number of fused-ring (bicyclic) bond motifs is 1. The molecule has 10 heteroatoms. The van der Waals surface area contributed by atoms with Gasteiger partial charge in [0.15, 0.2) is 0 Å². The summed E-state index contributed by atoms with van der Waals surface area (Å²) in [5.74, 6) is -0.846. The van der Waals surface area contributed by atoms with Crippen LogP contribution in [0.4, 0.5) is 4.39 Å². The van der Waals surface area contributed by atoms with Crippen molar-refractivity contribution in [2.45, 2.75) is 30.9 Å². The molecular formula is C24H31FN2O6S. The van der Waals surface area contributed by atoms with Crippen LogP contribution in [0.25, 0.3) is 11.1 Å². The number of carbonyl (C=O) groups is 1. The number of sulfonamides is 1. The summed E-state index contributed by atoms with van der Waals surface area (Å²) in [7, 11) is -0.933. The fourth-order valence-electron chi connectivity index (χ4n) is 3.90. The van der Waals surface area contributed by atoms with E-state index in [2.05, 4.69) is 0 Å². The van der Waals surface area contributed by atoms with E-state index >= 15 is 0 Å². The summed E-state index contributed by atoms with van der Waals surface area (Å²) in [4.78, 5) is 13.7. The molecule has 2 aromatic rings. The van der Waals surface area contributed by atoms with E-state index < -0.39 is 28.0 Å². The lowest BCUT2D eigenvalue weighted by Gasteiger charge is -2.37. The minimum absolute atomic E-state index is 0.0456. The molecule has 2 aromatic carbocycles. The lowest BCUT2D eigenvalue weighted by molar-refractivity contribution is -0.135. The van der Waals surface area contributed by atoms with Gasteiger partial charge in [0.25, 0.3) is 0 Å². The van der Waals surface area contributed by atoms with Gasteiger partial charge in [-0.05, 0) is 42.3 Å². The number of rotatable bonds is 7. The minimum Gasteiger partial charge on any atom is -0.487 e. The quantitative estimate of drug-likeness (QED) is 0.635. The number of carbonyl (C=O) groups excluding carboxylic acids is 1. The van der Waals surface area contributed by atoms with Crippen LogP contribution in [0.15, 0.2) is 47.4 Å². The number of benzene rings is 2. The number of methoxy groups -OCH3 is 1. The maximum Gasteiger partial charge on any atom is 0.248 e. The number of halogens is 1. The Kier molecular flexibility index (Phi) is 8.29. The van der Waals surface area contributed by atoms with E-state index in [1.165, 1.54) is 34.5 Å². The normalized spacial score (nSPS) is 21.0. The van der Waals surface area contributed by atoms with Gasteiger partial charge < -0.3 is 19.5 Å². The molecule has 1 amide bonds. The van der Waals surface area contributed by atoms with Crippen LogP contribution in [-0.4, -0.2) is 81.2 Å². The number of likely N-dealkylation sites (N-methyl/N-ethyl adjacent to an activating group) is 1. The second kappa shape index (κ2) is 10.8. The molecule has 8 nitrogen and oxygen atoms in total. The molecule has 0 spiro atoms. The third kappa shape index (κ3) is 5.57. The number of aliphatic hydroxyl groups is 1. The molecule has 186 valence electrons. The summed E-state index contributed by atoms with van der Waals surface area (Å²) in [5.41, 5.74) is 1.16. The molecule has 3 rings (SSSR count). The first-order valence-corrected chi connectivity index (χ1v) is 12.4. The van der Waals surface area contributed by atoms with Crippen molar-refractivity contribution in [3.05, 3.63) is 48.3 Å². The van der Waals surface area contributed by atoms with Crippen molar-refractivity contribution in [2.24, 2.45) is 5.92 Å². The summed E-state index contributed by atoms with van der Waals surface area (Å²) in [6.07, 6.45) is -0.545. The molecule has 0 saturated carbocycles. The van der Waals surface area contributed by atoms with Crippen LogP contribution in [0.2, 0.25) is 0 Å². The lowest BCUT2D eigenvalue weighted by Crippen LogP contribution is -2.50. The van der Waals surface area contributed by atoms with Crippen molar-refractivity contribution in [1.29, 1.82) is 0 Å². The molecular weight excluding hydrogens is 463 g/mol. The van der Waals surface area contributed by atoms with Gasteiger partial charge >= 0.3 is 0 Å². The zero-order valence-electron chi connectivity index (χ0n) is 19.8. The zero-order chi connectivity index (χ0) is 25.0. The fraction of sp³-hybridized carbons (Fsp3) is 0.458. The van der Waals surface area contributed by atoms with Crippen LogP contribution < -0.4 is 4.74 Å². The number of ether oxygens (including phenoxy) is 2. The van der Waals surface area contributed by atoms with E-state index in [0.717, 1.165) is 0 Å². The number of amides is 1. The van der Waals surface area contributed by atoms with E-state index in [1.54, 1.807) is 38.2 Å². The highest BCUT2D eigenvalue weighted by atomic mass is 32.2. The summed E-state index contributed by atoms with van der Waals surface area (Å²) in [6, 6.07) is 9.94. The van der Waals surface area contributed by atoms with Crippen LogP contribution in [0.5, 0.6) is 5.75 Å². The van der Waals surface area contributed by atoms with Crippen molar-refractivity contribution < 1.29 is 32.2 Å². The Morgan fingerprint density at radius 2 is 2.00 bits per heavy atom. The van der Waals surface area contributed by atoms with E-state index in [9.17, 15) is 22.7 Å². The predicted molar refractivity (Wildman–Crippen MR) is 125 cm³/mol. The molecule has 0 saturated heterocycles. The first-order valence-electron chi connectivity index (χ1n) is 11.0. The molecule has 3 atom stereocenters. The van der Waals surface area contributed by atoms with Gasteiger partial charge in [0.2, 0.25) is 15.9 Å². The fourth-order valence-corrected chi connectivity index (χ4v) is 5.72. The average Bonchev–Trinajstić information content (AvgIpc) is 2.80. The van der Waals surface area contributed by atoms with Crippen molar-refractivity contribution in [1.82, 2.24) is 9.21 Å². The summed E-state index contributed by atoms with van der Waals surface area (Å²) < 4.78 is 53.3. The maximum absolute atomic E-state index is 13.8. The Morgan fingerprint density at radius 1 is 1.29 bits per heavy atom. The molecule has 0 radical (unpaired) electrons. The molecule has 0 aromatic heterocycles. The predicted octanol–water partition coefficient (Wildman–Crippen LogP) is 2.37. The van der Waals surface area contributed by atoms with Gasteiger partial charge in [-0.3, -0.25) is 4.79 Å². The molecule has 1 aliphatic heterocycles. The highest BCUT2D eigenvalue weighted by Crippen LogP contribution is 2.36. The second-order valence-corrected chi connectivity index (χ2v) is 10.5. The van der Waals surface area contributed by atoms with E-state index in [-0.39, 0.29) is 48.8 Å². The summed E-state index contributed by atoms with van der Waals surface area (Å²) >= 11 is 0. The lowest BCUT2D eigenvalue weighted by atomic mass is 10.0. The van der Waals surface area contributed by atoms with Gasteiger partial charge in [-0.25, -0.2) is 12.8 Å². The zero-order valence-corrected chi connectivity index (χ0v) is 20.6. The number of aliphatic hydroxyl groups excluding tert-OH is 1. The van der Waals surface area contributed by atoms with Gasteiger partial charge in [0.1, 0.15) is 29.2 Å². The third-order valence-electron chi connectivity index (χ3n) is 5.97. The Hall–Kier alpha value is -2.53. The topological polar surface area (TPSA) is 96.4 Å². The number of hydrogen-bond donors (Lipinski definition) is 1. The van der Waals surface area contributed by atoms with E-state index in [1.807, 2.05) is 6.92 Å². The average molecular weight is 495 g/mol. The molecule has 0 bridgehead atoms. The van der Waals surface area contributed by atoms with Crippen molar-refractivity contribution in [3.63, 3.8) is 0 Å². The smallest absolute Gasteiger partial charge is 0.248 e. The van der Waals surface area contributed by atoms with Crippen LogP contribution in [0.3, 0.4) is 0 Å².